The van der Waals surface area contributed by atoms with E-state index in [1.807, 2.05) is 42.9 Å². The second-order valence-corrected chi connectivity index (χ2v) is 5.34. The minimum Gasteiger partial charge on any atom is -0.362 e. The Morgan fingerprint density at radius 2 is 2.17 bits per heavy atom. The van der Waals surface area contributed by atoms with Crippen LogP contribution in [0.4, 0.5) is 5.82 Å². The number of rotatable bonds is 3. The monoisotopic (exact) mass is 258 g/mol. The van der Waals surface area contributed by atoms with Gasteiger partial charge < -0.3 is 5.32 Å². The first-order chi connectivity index (χ1) is 8.72. The summed E-state index contributed by atoms with van der Waals surface area (Å²) in [6.45, 7) is 2.76. The number of nitrogens with zero attached hydrogens (tertiary/aromatic N) is 3. The van der Waals surface area contributed by atoms with Gasteiger partial charge in [-0.25, -0.2) is 4.98 Å². The second-order valence-electron chi connectivity index (χ2n) is 4.22. The third-order valence-electron chi connectivity index (χ3n) is 2.87. The van der Waals surface area contributed by atoms with Gasteiger partial charge in [-0.3, -0.25) is 4.68 Å². The van der Waals surface area contributed by atoms with Crippen molar-refractivity contribution in [2.75, 3.05) is 5.32 Å². The van der Waals surface area contributed by atoms with Crippen LogP contribution in [0, 0.1) is 6.92 Å². The normalized spacial score (nSPS) is 11.0. The Labute approximate surface area is 109 Å². The summed E-state index contributed by atoms with van der Waals surface area (Å²) in [5.41, 5.74) is 2.21. The van der Waals surface area contributed by atoms with Gasteiger partial charge in [0.15, 0.2) is 0 Å². The maximum absolute atomic E-state index is 4.58. The Morgan fingerprint density at radius 3 is 2.89 bits per heavy atom. The molecule has 2 heterocycles. The number of nitrogens with one attached hydrogen (secondary N) is 1. The van der Waals surface area contributed by atoms with Gasteiger partial charge in [-0.05, 0) is 19.1 Å². The van der Waals surface area contributed by atoms with Crippen molar-refractivity contribution >= 4 is 27.4 Å². The fourth-order valence-electron chi connectivity index (χ4n) is 1.81. The number of benzene rings is 1. The van der Waals surface area contributed by atoms with Crippen molar-refractivity contribution in [1.82, 2.24) is 14.8 Å². The van der Waals surface area contributed by atoms with E-state index < -0.39 is 0 Å². The van der Waals surface area contributed by atoms with E-state index in [0.29, 0.717) is 0 Å². The van der Waals surface area contributed by atoms with Crippen molar-refractivity contribution in [3.05, 3.63) is 41.0 Å². The molecule has 0 bridgehead atoms. The minimum absolute atomic E-state index is 0.718. The minimum atomic E-state index is 0.718. The van der Waals surface area contributed by atoms with E-state index >= 15 is 0 Å². The first kappa shape index (κ1) is 11.2. The summed E-state index contributed by atoms with van der Waals surface area (Å²) < 4.78 is 3.09. The molecule has 0 aliphatic rings. The largest absolute Gasteiger partial charge is 0.362 e. The lowest BCUT2D eigenvalue weighted by molar-refractivity contribution is 0.741. The number of thiazole rings is 1. The van der Waals surface area contributed by atoms with Crippen LogP contribution >= 0.6 is 11.3 Å². The first-order valence-electron chi connectivity index (χ1n) is 5.81. The van der Waals surface area contributed by atoms with Gasteiger partial charge in [0.05, 0.1) is 16.8 Å². The predicted octanol–water partition coefficient (Wildman–Crippen LogP) is 2.95. The number of aromatic nitrogens is 3. The summed E-state index contributed by atoms with van der Waals surface area (Å²) in [5.74, 6) is 0.897. The molecule has 4 nitrogen and oxygen atoms in total. The average molecular weight is 258 g/mol. The van der Waals surface area contributed by atoms with E-state index in [2.05, 4.69) is 21.5 Å². The summed E-state index contributed by atoms with van der Waals surface area (Å²) in [6.07, 6.45) is 0. The zero-order valence-corrected chi connectivity index (χ0v) is 11.2. The Kier molecular flexibility index (Phi) is 2.76. The molecule has 0 spiro atoms. The zero-order chi connectivity index (χ0) is 12.5. The zero-order valence-electron chi connectivity index (χ0n) is 10.3. The number of hydrogen-bond donors (Lipinski definition) is 1. The summed E-state index contributed by atoms with van der Waals surface area (Å²) in [7, 11) is 1.94. The van der Waals surface area contributed by atoms with E-state index in [1.165, 1.54) is 4.70 Å². The third-order valence-corrected chi connectivity index (χ3v) is 3.91. The van der Waals surface area contributed by atoms with Gasteiger partial charge in [0.25, 0.3) is 0 Å². The van der Waals surface area contributed by atoms with Crippen LogP contribution in [0.5, 0.6) is 0 Å². The van der Waals surface area contributed by atoms with Crippen molar-refractivity contribution in [3.63, 3.8) is 0 Å². The molecular weight excluding hydrogens is 244 g/mol. The van der Waals surface area contributed by atoms with Gasteiger partial charge in [0.1, 0.15) is 10.8 Å². The number of hydrogen-bond acceptors (Lipinski definition) is 4. The molecule has 1 aromatic carbocycles. The molecule has 0 radical (unpaired) electrons. The van der Waals surface area contributed by atoms with E-state index in [1.54, 1.807) is 11.3 Å². The highest BCUT2D eigenvalue weighted by atomic mass is 32.1. The van der Waals surface area contributed by atoms with Crippen LogP contribution in [0.2, 0.25) is 0 Å². The number of para-hydroxylation sites is 1. The number of aryl methyl sites for hydroxylation is 2. The van der Waals surface area contributed by atoms with Crippen LogP contribution in [-0.2, 0) is 13.6 Å². The maximum Gasteiger partial charge on any atom is 0.148 e. The molecule has 2 aromatic heterocycles. The van der Waals surface area contributed by atoms with Crippen molar-refractivity contribution < 1.29 is 0 Å². The lowest BCUT2D eigenvalue weighted by atomic mass is 10.3. The lowest BCUT2D eigenvalue weighted by Gasteiger charge is -1.97. The van der Waals surface area contributed by atoms with Crippen LogP contribution in [0.25, 0.3) is 10.2 Å². The van der Waals surface area contributed by atoms with Crippen molar-refractivity contribution in [1.29, 1.82) is 0 Å². The molecule has 0 aliphatic carbocycles. The topological polar surface area (TPSA) is 42.7 Å². The molecule has 0 fully saturated rings. The van der Waals surface area contributed by atoms with E-state index in [4.69, 9.17) is 0 Å². The quantitative estimate of drug-likeness (QED) is 0.785. The Morgan fingerprint density at radius 1 is 1.33 bits per heavy atom. The van der Waals surface area contributed by atoms with Gasteiger partial charge in [-0.2, -0.15) is 5.10 Å². The molecular formula is C13H14N4S. The molecule has 1 N–H and O–H groups in total. The molecule has 3 aromatic rings. The summed E-state index contributed by atoms with van der Waals surface area (Å²) in [4.78, 5) is 4.58. The molecule has 0 amide bonds. The Hall–Kier alpha value is -1.88. The molecule has 0 unspecified atom stereocenters. The van der Waals surface area contributed by atoms with Gasteiger partial charge in [-0.1, -0.05) is 12.1 Å². The smallest absolute Gasteiger partial charge is 0.148 e. The predicted molar refractivity (Wildman–Crippen MR) is 74.9 cm³/mol. The summed E-state index contributed by atoms with van der Waals surface area (Å²) in [6, 6.07) is 10.2. The number of fused-ring (bicyclic) bond motifs is 1. The summed E-state index contributed by atoms with van der Waals surface area (Å²) in [5, 5.41) is 8.74. The fraction of sp³-hybridized carbons (Fsp3) is 0.231. The number of anilines is 1. The second kappa shape index (κ2) is 4.42. The van der Waals surface area contributed by atoms with Crippen molar-refractivity contribution in [2.45, 2.75) is 13.5 Å². The first-order valence-corrected chi connectivity index (χ1v) is 6.63. The molecule has 92 valence electrons. The molecule has 0 saturated heterocycles. The van der Waals surface area contributed by atoms with Gasteiger partial charge in [-0.15, -0.1) is 11.3 Å². The maximum atomic E-state index is 4.58. The standard InChI is InChI=1S/C13H14N4S/c1-9-7-12(16-17(9)2)14-8-13-15-10-5-3-4-6-11(10)18-13/h3-7H,8H2,1-2H3,(H,14,16). The van der Waals surface area contributed by atoms with Crippen molar-refractivity contribution in [2.24, 2.45) is 7.05 Å². The van der Waals surface area contributed by atoms with Crippen LogP contribution in [0.1, 0.15) is 10.7 Å². The van der Waals surface area contributed by atoms with Crippen LogP contribution in [0.3, 0.4) is 0 Å². The average Bonchev–Trinajstić information content (AvgIpc) is 2.91. The van der Waals surface area contributed by atoms with Gasteiger partial charge in [0.2, 0.25) is 0 Å². The Bertz CT molecular complexity index is 631. The van der Waals surface area contributed by atoms with Crippen LogP contribution < -0.4 is 5.32 Å². The molecule has 0 saturated carbocycles. The van der Waals surface area contributed by atoms with Crippen molar-refractivity contribution in [3.8, 4) is 0 Å². The highest BCUT2D eigenvalue weighted by Gasteiger charge is 2.04. The molecule has 5 heteroatoms. The van der Waals surface area contributed by atoms with Gasteiger partial charge in [0, 0.05) is 18.8 Å². The Balaban J connectivity index is 1.76. The fourth-order valence-corrected chi connectivity index (χ4v) is 2.72. The lowest BCUT2D eigenvalue weighted by Crippen LogP contribution is -2.00. The van der Waals surface area contributed by atoms with Gasteiger partial charge >= 0.3 is 0 Å². The van der Waals surface area contributed by atoms with E-state index in [9.17, 15) is 0 Å². The van der Waals surface area contributed by atoms with E-state index in [-0.39, 0.29) is 0 Å². The molecule has 0 aliphatic heterocycles. The van der Waals surface area contributed by atoms with Crippen LogP contribution in [0.15, 0.2) is 30.3 Å². The molecule has 0 atom stereocenters. The van der Waals surface area contributed by atoms with E-state index in [0.717, 1.165) is 28.6 Å². The SMILES string of the molecule is Cc1cc(NCc2nc3ccccc3s2)nn1C. The molecule has 3 rings (SSSR count). The van der Waals surface area contributed by atoms with Crippen LogP contribution in [-0.4, -0.2) is 14.8 Å². The molecule has 18 heavy (non-hydrogen) atoms. The highest BCUT2D eigenvalue weighted by molar-refractivity contribution is 7.18. The summed E-state index contributed by atoms with van der Waals surface area (Å²) >= 11 is 1.72. The third kappa shape index (κ3) is 2.09. The highest BCUT2D eigenvalue weighted by Crippen LogP contribution is 2.22.